The molecule has 1 aliphatic carbocycles. The fourth-order valence-corrected chi connectivity index (χ4v) is 3.90. The highest BCUT2D eigenvalue weighted by molar-refractivity contribution is 5.96. The van der Waals surface area contributed by atoms with Crippen LogP contribution < -0.4 is 0 Å². The molecule has 0 fully saturated rings. The monoisotopic (exact) mass is 343 g/mol. The van der Waals surface area contributed by atoms with E-state index in [1.54, 1.807) is 12.1 Å². The maximum atomic E-state index is 11.9. The summed E-state index contributed by atoms with van der Waals surface area (Å²) in [5, 5.41) is 10.3. The largest absolute Gasteiger partial charge is 0.478 e. The Morgan fingerprint density at radius 2 is 2.04 bits per heavy atom. The van der Waals surface area contributed by atoms with Gasteiger partial charge in [-0.2, -0.15) is 0 Å². The van der Waals surface area contributed by atoms with Crippen molar-refractivity contribution in [1.82, 2.24) is 4.57 Å². The van der Waals surface area contributed by atoms with E-state index >= 15 is 0 Å². The highest BCUT2D eigenvalue weighted by Gasteiger charge is 2.32. The average Bonchev–Trinajstić information content (AvgIpc) is 2.86. The Morgan fingerprint density at radius 1 is 1.32 bits per heavy atom. The van der Waals surface area contributed by atoms with E-state index in [4.69, 9.17) is 4.74 Å². The molecule has 2 aromatic rings. The fourth-order valence-electron chi connectivity index (χ4n) is 3.90. The summed E-state index contributed by atoms with van der Waals surface area (Å²) in [5.74, 6) is -0.690. The van der Waals surface area contributed by atoms with Crippen LogP contribution in [0.4, 0.5) is 0 Å². The summed E-state index contributed by atoms with van der Waals surface area (Å²) in [4.78, 5) is 23.3. The van der Waals surface area contributed by atoms with Crippen LogP contribution in [0.15, 0.2) is 18.2 Å². The van der Waals surface area contributed by atoms with Crippen molar-refractivity contribution in [2.24, 2.45) is 11.3 Å². The minimum Gasteiger partial charge on any atom is -0.478 e. The van der Waals surface area contributed by atoms with Gasteiger partial charge in [-0.3, -0.25) is 4.79 Å². The average molecular weight is 343 g/mol. The Kier molecular flexibility index (Phi) is 4.35. The lowest BCUT2D eigenvalue weighted by Crippen LogP contribution is -2.27. The van der Waals surface area contributed by atoms with E-state index in [9.17, 15) is 14.7 Å². The third kappa shape index (κ3) is 3.15. The molecule has 25 heavy (non-hydrogen) atoms. The summed E-state index contributed by atoms with van der Waals surface area (Å²) in [6.07, 6.45) is 2.87. The summed E-state index contributed by atoms with van der Waals surface area (Å²) in [6, 6.07) is 5.16. The van der Waals surface area contributed by atoms with E-state index in [0.717, 1.165) is 35.9 Å². The lowest BCUT2D eigenvalue weighted by molar-refractivity contribution is -0.141. The molecule has 1 aliphatic rings. The first-order valence-electron chi connectivity index (χ1n) is 8.66. The summed E-state index contributed by atoms with van der Waals surface area (Å²) in [6.45, 7) is 6.91. The standard InChI is InChI=1S/C20H25NO4/c1-20(2,3)13-6-8-17-15(10-13)14-9-12(19(23)24)5-7-16(14)21(17)11-18(22)25-4/h5,7,9,13H,6,8,10-11H2,1-4H3,(H,23,24). The predicted molar refractivity (Wildman–Crippen MR) is 95.9 cm³/mol. The van der Waals surface area contributed by atoms with Crippen molar-refractivity contribution in [3.05, 3.63) is 35.0 Å². The molecule has 1 heterocycles. The number of carboxylic acids is 1. The number of methoxy groups -OCH3 is 1. The maximum absolute atomic E-state index is 11.9. The number of carbonyl (C=O) groups excluding carboxylic acids is 1. The second-order valence-corrected chi connectivity index (χ2v) is 7.93. The smallest absolute Gasteiger partial charge is 0.335 e. The lowest BCUT2D eigenvalue weighted by atomic mass is 9.71. The van der Waals surface area contributed by atoms with Crippen molar-refractivity contribution in [2.45, 2.75) is 46.6 Å². The first kappa shape index (κ1) is 17.5. The Labute approximate surface area is 147 Å². The van der Waals surface area contributed by atoms with Crippen molar-refractivity contribution >= 4 is 22.8 Å². The zero-order chi connectivity index (χ0) is 18.4. The second kappa shape index (κ2) is 6.21. The fraction of sp³-hybridized carbons (Fsp3) is 0.500. The molecule has 0 saturated heterocycles. The minimum atomic E-state index is -0.931. The van der Waals surface area contributed by atoms with Gasteiger partial charge >= 0.3 is 11.9 Å². The Hall–Kier alpha value is -2.30. The number of nitrogens with zero attached hydrogens (tertiary/aromatic N) is 1. The molecule has 1 aromatic heterocycles. The molecule has 134 valence electrons. The van der Waals surface area contributed by atoms with Crippen LogP contribution in [-0.4, -0.2) is 28.7 Å². The van der Waals surface area contributed by atoms with Crippen molar-refractivity contribution < 1.29 is 19.4 Å². The minimum absolute atomic E-state index is 0.162. The quantitative estimate of drug-likeness (QED) is 0.864. The molecule has 3 rings (SSSR count). The number of hydrogen-bond donors (Lipinski definition) is 1. The van der Waals surface area contributed by atoms with E-state index in [1.807, 2.05) is 10.6 Å². The summed E-state index contributed by atoms with van der Waals surface area (Å²) < 4.78 is 6.85. The maximum Gasteiger partial charge on any atom is 0.335 e. The van der Waals surface area contributed by atoms with E-state index < -0.39 is 5.97 Å². The van der Waals surface area contributed by atoms with Crippen LogP contribution in [0.25, 0.3) is 10.9 Å². The van der Waals surface area contributed by atoms with Gasteiger partial charge in [-0.25, -0.2) is 4.79 Å². The molecule has 0 aliphatic heterocycles. The van der Waals surface area contributed by atoms with Gasteiger partial charge in [-0.15, -0.1) is 0 Å². The van der Waals surface area contributed by atoms with Crippen LogP contribution in [-0.2, 0) is 28.9 Å². The number of ether oxygens (including phenoxy) is 1. The van der Waals surface area contributed by atoms with Gasteiger partial charge in [0.05, 0.1) is 12.7 Å². The Bertz CT molecular complexity index is 841. The van der Waals surface area contributed by atoms with Crippen LogP contribution in [0.3, 0.4) is 0 Å². The normalized spacial score (nSPS) is 17.4. The molecule has 0 saturated carbocycles. The Balaban J connectivity index is 2.17. The molecule has 1 atom stereocenters. The van der Waals surface area contributed by atoms with Crippen LogP contribution in [0.1, 0.15) is 48.8 Å². The van der Waals surface area contributed by atoms with Crippen LogP contribution in [0.2, 0.25) is 0 Å². The molecule has 0 amide bonds. The first-order valence-corrected chi connectivity index (χ1v) is 8.66. The van der Waals surface area contributed by atoms with Crippen LogP contribution >= 0.6 is 0 Å². The van der Waals surface area contributed by atoms with Gasteiger partial charge < -0.3 is 14.4 Å². The van der Waals surface area contributed by atoms with Crippen molar-refractivity contribution in [3.8, 4) is 0 Å². The number of carboxylic acid groups (broad SMARTS) is 1. The molecule has 5 heteroatoms. The number of carbonyl (C=O) groups is 2. The number of esters is 1. The zero-order valence-corrected chi connectivity index (χ0v) is 15.3. The van der Waals surface area contributed by atoms with Gasteiger partial charge in [0, 0.05) is 16.6 Å². The van der Waals surface area contributed by atoms with E-state index in [2.05, 4.69) is 20.8 Å². The molecule has 5 nitrogen and oxygen atoms in total. The number of hydrogen-bond acceptors (Lipinski definition) is 3. The third-order valence-corrected chi connectivity index (χ3v) is 5.45. The van der Waals surface area contributed by atoms with Crippen LogP contribution in [0, 0.1) is 11.3 Å². The molecular formula is C20H25NO4. The summed E-state index contributed by atoms with van der Waals surface area (Å²) in [7, 11) is 1.39. The second-order valence-electron chi connectivity index (χ2n) is 7.93. The number of fused-ring (bicyclic) bond motifs is 3. The molecule has 1 unspecified atom stereocenters. The van der Waals surface area contributed by atoms with Crippen molar-refractivity contribution in [2.75, 3.05) is 7.11 Å². The van der Waals surface area contributed by atoms with Gasteiger partial charge in [0.1, 0.15) is 6.54 Å². The van der Waals surface area contributed by atoms with Crippen molar-refractivity contribution in [1.29, 1.82) is 0 Å². The molecule has 0 spiro atoms. The van der Waals surface area contributed by atoms with Gasteiger partial charge in [0.2, 0.25) is 0 Å². The molecule has 0 bridgehead atoms. The molecule has 0 radical (unpaired) electrons. The van der Waals surface area contributed by atoms with Gasteiger partial charge in [0.15, 0.2) is 0 Å². The van der Waals surface area contributed by atoms with E-state index in [-0.39, 0.29) is 23.5 Å². The van der Waals surface area contributed by atoms with E-state index in [1.165, 1.54) is 12.7 Å². The summed E-state index contributed by atoms with van der Waals surface area (Å²) >= 11 is 0. The molecule has 1 N–H and O–H groups in total. The van der Waals surface area contributed by atoms with Gasteiger partial charge in [-0.1, -0.05) is 20.8 Å². The topological polar surface area (TPSA) is 68.5 Å². The highest BCUT2D eigenvalue weighted by atomic mass is 16.5. The first-order chi connectivity index (χ1) is 11.7. The number of benzene rings is 1. The SMILES string of the molecule is COC(=O)Cn1c2c(c3cc(C(=O)O)ccc31)CC(C(C)(C)C)CC2. The molecule has 1 aromatic carbocycles. The van der Waals surface area contributed by atoms with E-state index in [0.29, 0.717) is 5.92 Å². The van der Waals surface area contributed by atoms with Gasteiger partial charge in [-0.05, 0) is 54.4 Å². The summed E-state index contributed by atoms with van der Waals surface area (Å²) in [5.41, 5.74) is 3.72. The predicted octanol–water partition coefficient (Wildman–Crippen LogP) is 3.66. The zero-order valence-electron chi connectivity index (χ0n) is 15.3. The van der Waals surface area contributed by atoms with Crippen molar-refractivity contribution in [3.63, 3.8) is 0 Å². The lowest BCUT2D eigenvalue weighted by Gasteiger charge is -2.34. The third-order valence-electron chi connectivity index (χ3n) is 5.45. The Morgan fingerprint density at radius 3 is 2.64 bits per heavy atom. The number of aromatic nitrogens is 1. The van der Waals surface area contributed by atoms with Gasteiger partial charge in [0.25, 0.3) is 0 Å². The highest BCUT2D eigenvalue weighted by Crippen LogP contribution is 2.41. The molecular weight excluding hydrogens is 318 g/mol. The number of rotatable bonds is 3. The van der Waals surface area contributed by atoms with Crippen LogP contribution in [0.5, 0.6) is 0 Å². The number of aromatic carboxylic acids is 1.